The van der Waals surface area contributed by atoms with Gasteiger partial charge in [-0.05, 0) is 47.7 Å². The van der Waals surface area contributed by atoms with E-state index in [9.17, 15) is 4.79 Å². The first-order chi connectivity index (χ1) is 11.0. The molecule has 116 valence electrons. The first-order valence-corrected chi connectivity index (χ1v) is 8.38. The summed E-state index contributed by atoms with van der Waals surface area (Å²) in [5, 5.41) is 1.82. The molecule has 1 heterocycles. The Bertz CT molecular complexity index is 833. The Kier molecular flexibility index (Phi) is 4.76. The van der Waals surface area contributed by atoms with Gasteiger partial charge in [0.15, 0.2) is 5.17 Å². The van der Waals surface area contributed by atoms with Crippen LogP contribution in [0.2, 0.25) is 10.0 Å². The lowest BCUT2D eigenvalue weighted by Crippen LogP contribution is -2.23. The highest BCUT2D eigenvalue weighted by molar-refractivity contribution is 8.18. The Labute approximate surface area is 148 Å². The molecular weight excluding hydrogens is 351 g/mol. The Balaban J connectivity index is 1.93. The van der Waals surface area contributed by atoms with Crippen molar-refractivity contribution < 1.29 is 4.79 Å². The van der Waals surface area contributed by atoms with Crippen molar-refractivity contribution in [1.82, 2.24) is 4.90 Å². The molecule has 1 aliphatic heterocycles. The number of aliphatic imine (C=N–C) groups is 1. The Morgan fingerprint density at radius 1 is 1.13 bits per heavy atom. The van der Waals surface area contributed by atoms with Crippen LogP contribution in [0.1, 0.15) is 5.56 Å². The van der Waals surface area contributed by atoms with Crippen molar-refractivity contribution in [2.75, 3.05) is 7.05 Å². The van der Waals surface area contributed by atoms with E-state index in [1.165, 1.54) is 16.7 Å². The van der Waals surface area contributed by atoms with Crippen molar-refractivity contribution in [1.29, 1.82) is 0 Å². The van der Waals surface area contributed by atoms with Crippen LogP contribution in [0.5, 0.6) is 0 Å². The van der Waals surface area contributed by atoms with Gasteiger partial charge in [-0.3, -0.25) is 9.69 Å². The van der Waals surface area contributed by atoms with Crippen LogP contribution in [0.3, 0.4) is 0 Å². The molecule has 0 saturated carbocycles. The van der Waals surface area contributed by atoms with Crippen LogP contribution in [0.4, 0.5) is 5.69 Å². The fourth-order valence-corrected chi connectivity index (χ4v) is 3.39. The topological polar surface area (TPSA) is 32.7 Å². The lowest BCUT2D eigenvalue weighted by Gasteiger charge is -2.07. The minimum atomic E-state index is -0.101. The second kappa shape index (κ2) is 6.79. The molecule has 1 aliphatic rings. The summed E-state index contributed by atoms with van der Waals surface area (Å²) in [5.74, 6) is -0.101. The van der Waals surface area contributed by atoms with Gasteiger partial charge in [0.2, 0.25) is 0 Å². The van der Waals surface area contributed by atoms with Gasteiger partial charge < -0.3 is 0 Å². The normalized spacial score (nSPS) is 18.2. The maximum Gasteiger partial charge on any atom is 0.266 e. The van der Waals surface area contributed by atoms with E-state index in [4.69, 9.17) is 23.2 Å². The van der Waals surface area contributed by atoms with Crippen molar-refractivity contribution in [3.63, 3.8) is 0 Å². The maximum absolute atomic E-state index is 12.4. The van der Waals surface area contributed by atoms with Crippen LogP contribution in [0.25, 0.3) is 6.08 Å². The smallest absolute Gasteiger partial charge is 0.266 e. The fourth-order valence-electron chi connectivity index (χ4n) is 2.04. The van der Waals surface area contributed by atoms with Crippen molar-refractivity contribution in [2.45, 2.75) is 0 Å². The van der Waals surface area contributed by atoms with E-state index in [0.717, 1.165) is 5.56 Å². The number of nitrogens with zero attached hydrogens (tertiary/aromatic N) is 2. The summed E-state index contributed by atoms with van der Waals surface area (Å²) in [6.07, 6.45) is 1.78. The van der Waals surface area contributed by atoms with Crippen molar-refractivity contribution in [3.05, 3.63) is 69.0 Å². The van der Waals surface area contributed by atoms with Gasteiger partial charge in [0.1, 0.15) is 0 Å². The van der Waals surface area contributed by atoms with Gasteiger partial charge in [-0.1, -0.05) is 47.5 Å². The predicted octanol–water partition coefficient (Wildman–Crippen LogP) is 5.23. The minimum Gasteiger partial charge on any atom is -0.290 e. The number of hydrogen-bond acceptors (Lipinski definition) is 3. The van der Waals surface area contributed by atoms with Gasteiger partial charge >= 0.3 is 0 Å². The van der Waals surface area contributed by atoms with E-state index >= 15 is 0 Å². The third-order valence-electron chi connectivity index (χ3n) is 3.23. The summed E-state index contributed by atoms with van der Waals surface area (Å²) in [6, 6.07) is 14.6. The van der Waals surface area contributed by atoms with Gasteiger partial charge in [-0.25, -0.2) is 4.99 Å². The molecule has 6 heteroatoms. The summed E-state index contributed by atoms with van der Waals surface area (Å²) in [7, 11) is 1.70. The van der Waals surface area contributed by atoms with E-state index in [-0.39, 0.29) is 5.91 Å². The van der Waals surface area contributed by atoms with E-state index in [1.54, 1.807) is 31.3 Å². The lowest BCUT2D eigenvalue weighted by molar-refractivity contribution is -0.121. The summed E-state index contributed by atoms with van der Waals surface area (Å²) < 4.78 is 0. The first kappa shape index (κ1) is 16.1. The molecule has 3 rings (SSSR count). The molecule has 3 nitrogen and oxygen atoms in total. The zero-order chi connectivity index (χ0) is 16.4. The number of rotatable bonds is 2. The van der Waals surface area contributed by atoms with Crippen LogP contribution in [0, 0.1) is 0 Å². The van der Waals surface area contributed by atoms with Crippen LogP contribution < -0.4 is 0 Å². The van der Waals surface area contributed by atoms with Gasteiger partial charge in [0.05, 0.1) is 10.6 Å². The average molecular weight is 363 g/mol. The number of amides is 1. The van der Waals surface area contributed by atoms with Crippen molar-refractivity contribution in [3.8, 4) is 0 Å². The maximum atomic E-state index is 12.4. The highest BCUT2D eigenvalue weighted by atomic mass is 35.5. The molecule has 1 amide bonds. The number of thioether (sulfide) groups is 1. The summed E-state index contributed by atoms with van der Waals surface area (Å²) in [6.45, 7) is 0. The molecule has 0 radical (unpaired) electrons. The number of likely N-dealkylation sites (N-methyl/N-ethyl adjacent to an activating group) is 1. The number of halogens is 2. The lowest BCUT2D eigenvalue weighted by atomic mass is 10.2. The molecule has 0 bridgehead atoms. The second-order valence-corrected chi connectivity index (χ2v) is 6.72. The number of benzene rings is 2. The molecule has 0 aromatic heterocycles. The number of hydrogen-bond donors (Lipinski definition) is 0. The molecule has 2 aromatic carbocycles. The largest absolute Gasteiger partial charge is 0.290 e. The van der Waals surface area contributed by atoms with Gasteiger partial charge in [0, 0.05) is 17.1 Å². The molecule has 1 fully saturated rings. The molecule has 0 atom stereocenters. The molecule has 2 aromatic rings. The molecule has 0 spiro atoms. The van der Waals surface area contributed by atoms with Crippen LogP contribution in [0.15, 0.2) is 58.4 Å². The van der Waals surface area contributed by atoms with Gasteiger partial charge in [-0.15, -0.1) is 0 Å². The van der Waals surface area contributed by atoms with Gasteiger partial charge in [-0.2, -0.15) is 0 Å². The molecule has 23 heavy (non-hydrogen) atoms. The molecule has 1 saturated heterocycles. The number of amidine groups is 1. The van der Waals surface area contributed by atoms with Crippen LogP contribution >= 0.6 is 35.0 Å². The molecular formula is C17H12Cl2N2OS. The highest BCUT2D eigenvalue weighted by Crippen LogP contribution is 2.34. The molecule has 0 unspecified atom stereocenters. The quantitative estimate of drug-likeness (QED) is 0.685. The summed E-state index contributed by atoms with van der Waals surface area (Å²) >= 11 is 13.4. The van der Waals surface area contributed by atoms with Crippen LogP contribution in [-0.4, -0.2) is 23.0 Å². The predicted molar refractivity (Wildman–Crippen MR) is 98.3 cm³/mol. The first-order valence-electron chi connectivity index (χ1n) is 6.81. The zero-order valence-corrected chi connectivity index (χ0v) is 14.5. The zero-order valence-electron chi connectivity index (χ0n) is 12.2. The van der Waals surface area contributed by atoms with E-state index < -0.39 is 0 Å². The average Bonchev–Trinajstić information content (AvgIpc) is 2.78. The third-order valence-corrected chi connectivity index (χ3v) is 4.87. The number of carbonyl (C=O) groups excluding carboxylic acids is 1. The van der Waals surface area contributed by atoms with Gasteiger partial charge in [0.25, 0.3) is 5.91 Å². The molecule has 0 N–H and O–H groups in total. The van der Waals surface area contributed by atoms with E-state index in [1.807, 2.05) is 30.3 Å². The third kappa shape index (κ3) is 3.61. The Morgan fingerprint density at radius 2 is 1.91 bits per heavy atom. The number of carbonyl (C=O) groups is 1. The van der Waals surface area contributed by atoms with E-state index in [2.05, 4.69) is 4.99 Å². The van der Waals surface area contributed by atoms with Crippen molar-refractivity contribution in [2.24, 2.45) is 4.99 Å². The monoisotopic (exact) mass is 362 g/mol. The van der Waals surface area contributed by atoms with E-state index in [0.29, 0.717) is 25.8 Å². The molecule has 0 aliphatic carbocycles. The second-order valence-electron chi connectivity index (χ2n) is 4.87. The Morgan fingerprint density at radius 3 is 2.65 bits per heavy atom. The summed E-state index contributed by atoms with van der Waals surface area (Å²) in [4.78, 5) is 19.0. The fraction of sp³-hybridized carbons (Fsp3) is 0.0588. The standard InChI is InChI=1S/C17H12Cl2N2OS/c1-21-16(22)15(9-11-5-2-3-8-14(11)19)23-17(21)20-13-7-4-6-12(18)10-13/h2-10H,1H3/b15-9+,20-17?. The minimum absolute atomic E-state index is 0.101. The highest BCUT2D eigenvalue weighted by Gasteiger charge is 2.30. The summed E-state index contributed by atoms with van der Waals surface area (Å²) in [5.41, 5.74) is 1.51. The Hall–Kier alpha value is -1.75. The van der Waals surface area contributed by atoms with Crippen LogP contribution in [-0.2, 0) is 4.79 Å². The van der Waals surface area contributed by atoms with Crippen molar-refractivity contribution >= 4 is 57.8 Å². The SMILES string of the molecule is CN1C(=O)/C(=C\c2ccccc2Cl)SC1=Nc1cccc(Cl)c1.